The van der Waals surface area contributed by atoms with E-state index >= 15 is 0 Å². The Hall–Kier alpha value is -3.34. The van der Waals surface area contributed by atoms with Gasteiger partial charge in [-0.15, -0.1) is 0 Å². The van der Waals surface area contributed by atoms with Crippen molar-refractivity contribution in [2.45, 2.75) is 64.1 Å². The van der Waals surface area contributed by atoms with Crippen LogP contribution in [-0.2, 0) is 26.2 Å². The summed E-state index contributed by atoms with van der Waals surface area (Å²) in [5.74, 6) is -1.10. The van der Waals surface area contributed by atoms with E-state index in [1.165, 1.54) is 23.1 Å². The van der Waals surface area contributed by atoms with Crippen molar-refractivity contribution in [1.29, 1.82) is 0 Å². The lowest BCUT2D eigenvalue weighted by molar-refractivity contribution is -0.140. The van der Waals surface area contributed by atoms with E-state index in [4.69, 9.17) is 27.9 Å². The number of carbonyl (C=O) groups excluding carboxylic acids is 2. The molecule has 3 rings (SSSR count). The highest BCUT2D eigenvalue weighted by Crippen LogP contribution is 2.28. The Balaban J connectivity index is 2.08. The number of nitrogens with one attached hydrogen (secondary N) is 1. The van der Waals surface area contributed by atoms with Crippen LogP contribution in [-0.4, -0.2) is 50.4 Å². The molecule has 0 aliphatic rings. The first-order valence-electron chi connectivity index (χ1n) is 14.0. The Morgan fingerprint density at radius 2 is 1.60 bits per heavy atom. The molecule has 0 unspecified atom stereocenters. The highest BCUT2D eigenvalue weighted by atomic mass is 35.5. The second-order valence-electron chi connectivity index (χ2n) is 9.89. The van der Waals surface area contributed by atoms with Crippen LogP contribution in [0.1, 0.15) is 46.1 Å². The highest BCUT2D eigenvalue weighted by Gasteiger charge is 2.34. The SMILES string of the molecule is CCOc1ccc(N(CC(=O)N(Cc2ccc(Cl)cc2Cl)[C@H](CC)C(=O)N[C@H](C)CC)S(=O)(=O)c2ccc(F)cc2)cc1. The fourth-order valence-electron chi connectivity index (χ4n) is 4.33. The van der Waals surface area contributed by atoms with Crippen molar-refractivity contribution < 1.29 is 27.1 Å². The Morgan fingerprint density at radius 3 is 2.16 bits per heavy atom. The molecule has 2 atom stereocenters. The third-order valence-corrected chi connectivity index (χ3v) is 9.23. The number of hydrogen-bond donors (Lipinski definition) is 1. The summed E-state index contributed by atoms with van der Waals surface area (Å²) in [4.78, 5) is 28.7. The molecule has 0 heterocycles. The van der Waals surface area contributed by atoms with Crippen LogP contribution in [0.3, 0.4) is 0 Å². The summed E-state index contributed by atoms with van der Waals surface area (Å²) in [6.45, 7) is 7.06. The van der Waals surface area contributed by atoms with Crippen LogP contribution in [0.4, 0.5) is 10.1 Å². The first-order valence-corrected chi connectivity index (χ1v) is 16.2. The standard InChI is InChI=1S/C31H36Cl2FN3O5S/c1-5-21(4)35-31(39)29(6-2)36(19-22-8-9-23(32)18-28(22)33)30(38)20-37(25-12-14-26(15-13-25)42-7-3)43(40,41)27-16-10-24(34)11-17-27/h8-18,21,29H,5-7,19-20H2,1-4H3,(H,35,39)/t21-,29-/m1/s1. The zero-order valence-corrected chi connectivity index (χ0v) is 26.8. The molecule has 0 radical (unpaired) electrons. The molecule has 12 heteroatoms. The number of amides is 2. The van der Waals surface area contributed by atoms with Crippen LogP contribution in [0.2, 0.25) is 10.0 Å². The van der Waals surface area contributed by atoms with Gasteiger partial charge >= 0.3 is 0 Å². The maximum Gasteiger partial charge on any atom is 0.264 e. The van der Waals surface area contributed by atoms with Crippen molar-refractivity contribution in [2.75, 3.05) is 17.5 Å². The predicted molar refractivity (Wildman–Crippen MR) is 168 cm³/mol. The van der Waals surface area contributed by atoms with Gasteiger partial charge in [0.15, 0.2) is 0 Å². The van der Waals surface area contributed by atoms with Gasteiger partial charge in [0.05, 0.1) is 17.2 Å². The van der Waals surface area contributed by atoms with Gasteiger partial charge in [-0.25, -0.2) is 12.8 Å². The van der Waals surface area contributed by atoms with E-state index in [-0.39, 0.29) is 35.5 Å². The summed E-state index contributed by atoms with van der Waals surface area (Å²) in [6.07, 6.45) is 0.938. The molecule has 0 aromatic heterocycles. The van der Waals surface area contributed by atoms with Crippen molar-refractivity contribution in [3.63, 3.8) is 0 Å². The van der Waals surface area contributed by atoms with Gasteiger partial charge in [0.1, 0.15) is 24.2 Å². The highest BCUT2D eigenvalue weighted by molar-refractivity contribution is 7.92. The summed E-state index contributed by atoms with van der Waals surface area (Å²) >= 11 is 12.5. The van der Waals surface area contributed by atoms with Crippen LogP contribution >= 0.6 is 23.2 Å². The number of rotatable bonds is 14. The molecule has 2 amide bonds. The number of hydrogen-bond acceptors (Lipinski definition) is 5. The second kappa shape index (κ2) is 15.4. The van der Waals surface area contributed by atoms with E-state index in [1.54, 1.807) is 31.2 Å². The van der Waals surface area contributed by atoms with E-state index < -0.39 is 34.3 Å². The van der Waals surface area contributed by atoms with E-state index in [1.807, 2.05) is 20.8 Å². The minimum atomic E-state index is -4.35. The molecule has 0 fully saturated rings. The Bertz CT molecular complexity index is 1500. The molecule has 8 nitrogen and oxygen atoms in total. The number of sulfonamides is 1. The van der Waals surface area contributed by atoms with E-state index in [9.17, 15) is 22.4 Å². The summed E-state index contributed by atoms with van der Waals surface area (Å²) in [6, 6.07) is 14.3. The second-order valence-corrected chi connectivity index (χ2v) is 12.6. The maximum atomic E-state index is 14.2. The van der Waals surface area contributed by atoms with Crippen molar-refractivity contribution in [3.8, 4) is 5.75 Å². The summed E-state index contributed by atoms with van der Waals surface area (Å²) in [5, 5.41) is 3.62. The molecule has 3 aromatic rings. The van der Waals surface area contributed by atoms with Gasteiger partial charge in [-0.3, -0.25) is 13.9 Å². The molecule has 0 bridgehead atoms. The topological polar surface area (TPSA) is 96.0 Å². The largest absolute Gasteiger partial charge is 0.494 e. The first kappa shape index (κ1) is 34.2. The molecule has 0 aliphatic carbocycles. The molecule has 3 aromatic carbocycles. The maximum absolute atomic E-state index is 14.2. The Kier molecular flexibility index (Phi) is 12.2. The number of ether oxygens (including phenoxy) is 1. The van der Waals surface area contributed by atoms with Crippen LogP contribution in [0.25, 0.3) is 0 Å². The molecule has 43 heavy (non-hydrogen) atoms. The molecule has 0 saturated carbocycles. The molecule has 0 aliphatic heterocycles. The van der Waals surface area contributed by atoms with Gasteiger partial charge in [-0.05, 0) is 92.9 Å². The lowest BCUT2D eigenvalue weighted by Gasteiger charge is -2.34. The average Bonchev–Trinajstić information content (AvgIpc) is 2.97. The zero-order valence-electron chi connectivity index (χ0n) is 24.5. The predicted octanol–water partition coefficient (Wildman–Crippen LogP) is 6.45. The smallest absolute Gasteiger partial charge is 0.264 e. The van der Waals surface area contributed by atoms with E-state index in [2.05, 4.69) is 5.32 Å². The number of carbonyl (C=O) groups is 2. The molecule has 0 spiro atoms. The molecule has 1 N–H and O–H groups in total. The summed E-state index contributed by atoms with van der Waals surface area (Å²) < 4.78 is 47.9. The zero-order chi connectivity index (χ0) is 31.7. The van der Waals surface area contributed by atoms with Gasteiger partial charge in [-0.1, -0.05) is 43.1 Å². The molecular formula is C31H36Cl2FN3O5S. The summed E-state index contributed by atoms with van der Waals surface area (Å²) in [7, 11) is -4.35. The van der Waals surface area contributed by atoms with E-state index in [0.29, 0.717) is 34.4 Å². The van der Waals surface area contributed by atoms with Gasteiger partial charge in [0, 0.05) is 22.6 Å². The number of nitrogens with zero attached hydrogens (tertiary/aromatic N) is 2. The lowest BCUT2D eigenvalue weighted by atomic mass is 10.1. The number of benzene rings is 3. The van der Waals surface area contributed by atoms with Crippen LogP contribution in [0, 0.1) is 5.82 Å². The quantitative estimate of drug-likeness (QED) is 0.216. The van der Waals surface area contributed by atoms with Crippen molar-refractivity contribution in [3.05, 3.63) is 88.2 Å². The monoisotopic (exact) mass is 651 g/mol. The van der Waals surface area contributed by atoms with Crippen LogP contribution < -0.4 is 14.4 Å². The lowest BCUT2D eigenvalue weighted by Crippen LogP contribution is -2.53. The molecule has 0 saturated heterocycles. The third-order valence-electron chi connectivity index (χ3n) is 6.86. The fourth-order valence-corrected chi connectivity index (χ4v) is 6.21. The number of anilines is 1. The van der Waals surface area contributed by atoms with Crippen molar-refractivity contribution in [2.24, 2.45) is 0 Å². The molecular weight excluding hydrogens is 616 g/mol. The third kappa shape index (κ3) is 8.84. The van der Waals surface area contributed by atoms with Gasteiger partial charge in [0.2, 0.25) is 11.8 Å². The fraction of sp³-hybridized carbons (Fsp3) is 0.355. The van der Waals surface area contributed by atoms with Gasteiger partial charge < -0.3 is 15.0 Å². The van der Waals surface area contributed by atoms with Gasteiger partial charge in [0.25, 0.3) is 10.0 Å². The number of halogens is 3. The normalized spacial score (nSPS) is 12.7. The van der Waals surface area contributed by atoms with Crippen molar-refractivity contribution in [1.82, 2.24) is 10.2 Å². The first-order chi connectivity index (χ1) is 20.4. The van der Waals surface area contributed by atoms with Crippen LogP contribution in [0.15, 0.2) is 71.6 Å². The van der Waals surface area contributed by atoms with E-state index in [0.717, 1.165) is 28.6 Å². The van der Waals surface area contributed by atoms with Crippen LogP contribution in [0.5, 0.6) is 5.75 Å². The Labute approximate surface area is 262 Å². The Morgan fingerprint density at radius 1 is 0.953 bits per heavy atom. The average molecular weight is 653 g/mol. The van der Waals surface area contributed by atoms with Crippen molar-refractivity contribution >= 4 is 50.7 Å². The minimum Gasteiger partial charge on any atom is -0.494 e. The molecule has 232 valence electrons. The summed E-state index contributed by atoms with van der Waals surface area (Å²) in [5.41, 5.74) is 0.714. The minimum absolute atomic E-state index is 0.0744. The van der Waals surface area contributed by atoms with Gasteiger partial charge in [-0.2, -0.15) is 0 Å².